The molecule has 0 spiro atoms. The van der Waals surface area contributed by atoms with Gasteiger partial charge in [-0.2, -0.15) is 13.2 Å². The minimum Gasteiger partial charge on any atom is -0.380 e. The summed E-state index contributed by atoms with van der Waals surface area (Å²) in [5.41, 5.74) is 3.64. The lowest BCUT2D eigenvalue weighted by molar-refractivity contribution is -0.141. The lowest BCUT2D eigenvalue weighted by Crippen LogP contribution is -2.42. The summed E-state index contributed by atoms with van der Waals surface area (Å²) in [6.45, 7) is 1.87. The number of carbonyl (C=O) groups excluding carboxylic acids is 1. The molecular formula is C15H17F3N8O2. The Kier molecular flexibility index (Phi) is 5.84. The second-order valence-electron chi connectivity index (χ2n) is 5.84. The molecule has 1 fully saturated rings. The highest BCUT2D eigenvalue weighted by molar-refractivity contribution is 5.90. The van der Waals surface area contributed by atoms with Crippen LogP contribution in [0.1, 0.15) is 16.2 Å². The molecule has 0 aliphatic carbocycles. The molecule has 3 rings (SSSR count). The van der Waals surface area contributed by atoms with Crippen LogP contribution in [0, 0.1) is 0 Å². The molecule has 1 atom stereocenters. The molecule has 1 aliphatic rings. The van der Waals surface area contributed by atoms with Gasteiger partial charge in [-0.25, -0.2) is 9.97 Å². The summed E-state index contributed by atoms with van der Waals surface area (Å²) in [4.78, 5) is 18.7. The van der Waals surface area contributed by atoms with Gasteiger partial charge in [0.15, 0.2) is 11.5 Å². The van der Waals surface area contributed by atoms with Gasteiger partial charge < -0.3 is 26.4 Å². The molecule has 2 aromatic heterocycles. The molecule has 1 aliphatic heterocycles. The summed E-state index contributed by atoms with van der Waals surface area (Å²) in [5, 5.41) is 15.3. The van der Waals surface area contributed by atoms with Crippen molar-refractivity contribution in [1.29, 1.82) is 0 Å². The van der Waals surface area contributed by atoms with E-state index in [4.69, 9.17) is 10.5 Å². The number of primary amides is 1. The third kappa shape index (κ3) is 5.01. The zero-order valence-electron chi connectivity index (χ0n) is 14.5. The summed E-state index contributed by atoms with van der Waals surface area (Å²) in [5.74, 6) is -0.580. The van der Waals surface area contributed by atoms with Crippen molar-refractivity contribution in [2.75, 3.05) is 36.9 Å². The van der Waals surface area contributed by atoms with Crippen molar-refractivity contribution in [3.63, 3.8) is 0 Å². The molecule has 1 saturated heterocycles. The maximum atomic E-state index is 13.2. The Balaban J connectivity index is 1.77. The predicted octanol–water partition coefficient (Wildman–Crippen LogP) is 0.528. The second-order valence-corrected chi connectivity index (χ2v) is 5.84. The molecule has 13 heteroatoms. The van der Waals surface area contributed by atoms with Crippen molar-refractivity contribution in [2.24, 2.45) is 5.73 Å². The molecule has 2 aromatic rings. The number of ether oxygens (including phenoxy) is 1. The number of nitrogens with two attached hydrogens (primary N) is 1. The summed E-state index contributed by atoms with van der Waals surface area (Å²) >= 11 is 0. The minimum absolute atomic E-state index is 0.0133. The van der Waals surface area contributed by atoms with Gasteiger partial charge in [-0.1, -0.05) is 0 Å². The van der Waals surface area contributed by atoms with Gasteiger partial charge in [0.05, 0.1) is 30.8 Å². The lowest BCUT2D eigenvalue weighted by Gasteiger charge is -2.24. The first kappa shape index (κ1) is 19.7. The normalized spacial score (nSPS) is 17.2. The standard InChI is InChI=1S/C15H17F3N8O2/c16-15(17,18)13-9(21-5-8-4-20-1-2-28-8)3-11(25-26-13)24-12-7-22-10(6-23-12)14(19)27/h3,6-8,20H,1-2,4-5H2,(H2,19,27)(H2,21,23,24,25). The monoisotopic (exact) mass is 398 g/mol. The minimum atomic E-state index is -4.68. The molecule has 0 radical (unpaired) electrons. The van der Waals surface area contributed by atoms with Crippen molar-refractivity contribution in [2.45, 2.75) is 12.3 Å². The molecular weight excluding hydrogens is 381 g/mol. The average Bonchev–Trinajstić information content (AvgIpc) is 2.67. The summed E-state index contributed by atoms with van der Waals surface area (Å²) in [6, 6.07) is 1.16. The maximum absolute atomic E-state index is 13.2. The topological polar surface area (TPSA) is 140 Å². The van der Waals surface area contributed by atoms with Crippen LogP contribution >= 0.6 is 0 Å². The number of hydrogen-bond acceptors (Lipinski definition) is 9. The van der Waals surface area contributed by atoms with Crippen molar-refractivity contribution in [3.05, 3.63) is 29.8 Å². The highest BCUT2D eigenvalue weighted by Gasteiger charge is 2.36. The van der Waals surface area contributed by atoms with E-state index < -0.39 is 17.8 Å². The molecule has 1 amide bonds. The fraction of sp³-hybridized carbons (Fsp3) is 0.400. The quantitative estimate of drug-likeness (QED) is 0.548. The smallest absolute Gasteiger partial charge is 0.380 e. The number of hydrogen-bond donors (Lipinski definition) is 4. The number of nitrogens with zero attached hydrogens (tertiary/aromatic N) is 4. The molecule has 0 aromatic carbocycles. The first-order valence-corrected chi connectivity index (χ1v) is 8.23. The first-order chi connectivity index (χ1) is 13.3. The first-order valence-electron chi connectivity index (χ1n) is 8.23. The van der Waals surface area contributed by atoms with Gasteiger partial charge in [-0.15, -0.1) is 10.2 Å². The van der Waals surface area contributed by atoms with Crippen molar-refractivity contribution in [3.8, 4) is 0 Å². The van der Waals surface area contributed by atoms with E-state index in [1.165, 1.54) is 6.20 Å². The number of morpholine rings is 1. The number of halogens is 3. The Morgan fingerprint density at radius 2 is 2.11 bits per heavy atom. The van der Waals surface area contributed by atoms with Crippen LogP contribution in [-0.2, 0) is 10.9 Å². The zero-order chi connectivity index (χ0) is 20.1. The van der Waals surface area contributed by atoms with Gasteiger partial charge in [0, 0.05) is 25.7 Å². The zero-order valence-corrected chi connectivity index (χ0v) is 14.5. The van der Waals surface area contributed by atoms with Gasteiger partial charge in [0.2, 0.25) is 0 Å². The van der Waals surface area contributed by atoms with E-state index in [1.54, 1.807) is 0 Å². The van der Waals surface area contributed by atoms with E-state index >= 15 is 0 Å². The van der Waals surface area contributed by atoms with Crippen LogP contribution in [0.15, 0.2) is 18.5 Å². The average molecular weight is 398 g/mol. The fourth-order valence-corrected chi connectivity index (χ4v) is 2.42. The summed E-state index contributed by atoms with van der Waals surface area (Å²) in [7, 11) is 0. The van der Waals surface area contributed by atoms with E-state index in [1.807, 2.05) is 0 Å². The Labute approximate surface area is 157 Å². The predicted molar refractivity (Wildman–Crippen MR) is 92.0 cm³/mol. The molecule has 0 saturated carbocycles. The third-order valence-electron chi connectivity index (χ3n) is 3.75. The molecule has 3 heterocycles. The van der Waals surface area contributed by atoms with E-state index in [0.717, 1.165) is 12.3 Å². The molecule has 150 valence electrons. The molecule has 1 unspecified atom stereocenters. The summed E-state index contributed by atoms with van der Waals surface area (Å²) in [6.07, 6.45) is -2.61. The van der Waals surface area contributed by atoms with Crippen LogP contribution in [0.2, 0.25) is 0 Å². The van der Waals surface area contributed by atoms with E-state index in [9.17, 15) is 18.0 Å². The van der Waals surface area contributed by atoms with E-state index in [2.05, 4.69) is 36.1 Å². The van der Waals surface area contributed by atoms with Crippen LogP contribution < -0.4 is 21.7 Å². The van der Waals surface area contributed by atoms with Gasteiger partial charge in [0.25, 0.3) is 5.91 Å². The molecule has 28 heavy (non-hydrogen) atoms. The fourth-order valence-electron chi connectivity index (χ4n) is 2.42. The highest BCUT2D eigenvalue weighted by atomic mass is 19.4. The van der Waals surface area contributed by atoms with Crippen LogP contribution in [0.25, 0.3) is 0 Å². The number of anilines is 3. The number of rotatable bonds is 6. The number of aromatic nitrogens is 4. The third-order valence-corrected chi connectivity index (χ3v) is 3.75. The number of amides is 1. The Morgan fingerprint density at radius 1 is 1.29 bits per heavy atom. The Hall–Kier alpha value is -3.06. The van der Waals surface area contributed by atoms with Crippen LogP contribution in [0.3, 0.4) is 0 Å². The van der Waals surface area contributed by atoms with Gasteiger partial charge in [0.1, 0.15) is 11.5 Å². The van der Waals surface area contributed by atoms with Crippen molar-refractivity contribution in [1.82, 2.24) is 25.5 Å². The van der Waals surface area contributed by atoms with Crippen molar-refractivity contribution < 1.29 is 22.7 Å². The largest absolute Gasteiger partial charge is 0.437 e. The van der Waals surface area contributed by atoms with Gasteiger partial charge >= 0.3 is 6.18 Å². The molecule has 10 nitrogen and oxygen atoms in total. The second kappa shape index (κ2) is 8.31. The summed E-state index contributed by atoms with van der Waals surface area (Å²) < 4.78 is 45.1. The Bertz CT molecular complexity index is 825. The van der Waals surface area contributed by atoms with E-state index in [-0.39, 0.29) is 35.7 Å². The highest BCUT2D eigenvalue weighted by Crippen LogP contribution is 2.34. The van der Waals surface area contributed by atoms with Gasteiger partial charge in [-0.05, 0) is 0 Å². The SMILES string of the molecule is NC(=O)c1cnc(Nc2cc(NCC3CNCCO3)c(C(F)(F)F)nn2)cn1. The van der Waals surface area contributed by atoms with Crippen LogP contribution in [-0.4, -0.2) is 58.4 Å². The molecule has 5 N–H and O–H groups in total. The maximum Gasteiger partial charge on any atom is 0.437 e. The number of nitrogens with one attached hydrogen (secondary N) is 3. The van der Waals surface area contributed by atoms with Crippen molar-refractivity contribution >= 4 is 23.2 Å². The lowest BCUT2D eigenvalue weighted by atomic mass is 10.2. The number of carbonyl (C=O) groups is 1. The van der Waals surface area contributed by atoms with Gasteiger partial charge in [-0.3, -0.25) is 4.79 Å². The van der Waals surface area contributed by atoms with E-state index in [0.29, 0.717) is 19.7 Å². The van der Waals surface area contributed by atoms with Crippen LogP contribution in [0.4, 0.5) is 30.5 Å². The molecule has 0 bridgehead atoms. The number of alkyl halides is 3. The van der Waals surface area contributed by atoms with Crippen LogP contribution in [0.5, 0.6) is 0 Å². The Morgan fingerprint density at radius 3 is 2.71 bits per heavy atom.